The molecule has 0 aliphatic carbocycles. The molecule has 0 unspecified atom stereocenters. The van der Waals surface area contributed by atoms with E-state index < -0.39 is 41.3 Å². The molecule has 0 spiro atoms. The van der Waals surface area contributed by atoms with Crippen LogP contribution < -0.4 is 16.2 Å². The van der Waals surface area contributed by atoms with Gasteiger partial charge in [0.2, 0.25) is 0 Å². The second-order valence-corrected chi connectivity index (χ2v) is 8.11. The van der Waals surface area contributed by atoms with Gasteiger partial charge >= 0.3 is 23.3 Å². The number of benzene rings is 1. The minimum Gasteiger partial charge on any atom is -0.480 e. The lowest BCUT2D eigenvalue weighted by molar-refractivity contribution is -0.144. The summed E-state index contributed by atoms with van der Waals surface area (Å²) in [5, 5.41) is 27.3. The number of nitrogens with zero attached hydrogens (tertiary/aromatic N) is 1. The summed E-state index contributed by atoms with van der Waals surface area (Å²) < 4.78 is 28.6. The molecule has 1 aliphatic rings. The van der Waals surface area contributed by atoms with E-state index in [0.29, 0.717) is 6.42 Å². The zero-order valence-electron chi connectivity index (χ0n) is 14.1. The lowest BCUT2D eigenvalue weighted by atomic mass is 9.78. The molecule has 2 rings (SSSR count). The number of aliphatic carboxylic acids is 1. The first-order valence-electron chi connectivity index (χ1n) is 8.07. The van der Waals surface area contributed by atoms with Crippen LogP contribution in [0, 0.1) is 5.92 Å². The van der Waals surface area contributed by atoms with Gasteiger partial charge in [-0.25, -0.2) is 0 Å². The molecule has 27 heavy (non-hydrogen) atoms. The minimum absolute atomic E-state index is 0. The van der Waals surface area contributed by atoms with Crippen molar-refractivity contribution in [1.29, 1.82) is 0 Å². The molecule has 0 amide bonds. The number of carbonyl (C=O) groups is 1. The molecule has 2 atom stereocenters. The fraction of sp³-hybridized carbons (Fsp3) is 0.533. The van der Waals surface area contributed by atoms with Crippen molar-refractivity contribution >= 4 is 34.7 Å². The Morgan fingerprint density at radius 3 is 2.56 bits per heavy atom. The Morgan fingerprint density at radius 2 is 2.00 bits per heavy atom. The van der Waals surface area contributed by atoms with Crippen LogP contribution in [0.25, 0.3) is 0 Å². The Hall–Kier alpha value is -1.86. The van der Waals surface area contributed by atoms with Crippen LogP contribution in [-0.4, -0.2) is 59.6 Å². The largest absolute Gasteiger partial charge is 0.480 e. The van der Waals surface area contributed by atoms with E-state index in [-0.39, 0.29) is 38.1 Å². The van der Waals surface area contributed by atoms with E-state index in [1.54, 1.807) is 12.1 Å². The van der Waals surface area contributed by atoms with E-state index >= 15 is 0 Å². The van der Waals surface area contributed by atoms with Gasteiger partial charge in [0.15, 0.2) is 0 Å². The molecule has 1 aromatic carbocycles. The summed E-state index contributed by atoms with van der Waals surface area (Å²) in [7, 11) is -5.56. The molecule has 1 heterocycles. The molecule has 0 saturated carbocycles. The number of nitrogens with one attached hydrogen (secondary N) is 1. The first-order chi connectivity index (χ1) is 12.1. The van der Waals surface area contributed by atoms with Gasteiger partial charge in [0.05, 0.1) is 11.4 Å². The van der Waals surface area contributed by atoms with Crippen LogP contribution in [0.4, 0.5) is 11.4 Å². The Bertz CT molecular complexity index is 762. The van der Waals surface area contributed by atoms with E-state index in [9.17, 15) is 18.3 Å². The maximum atomic E-state index is 12.6. The van der Waals surface area contributed by atoms with Gasteiger partial charge in [-0.2, -0.15) is 12.7 Å². The van der Waals surface area contributed by atoms with Crippen LogP contribution in [0.5, 0.6) is 0 Å². The number of nitrogen functional groups attached to an aromatic ring is 1. The smallest absolute Gasteiger partial charge is 0.451 e. The van der Waals surface area contributed by atoms with Gasteiger partial charge in [-0.05, 0) is 24.9 Å². The van der Waals surface area contributed by atoms with Crippen molar-refractivity contribution in [3.05, 3.63) is 24.3 Å². The zero-order chi connectivity index (χ0) is 19.5. The quantitative estimate of drug-likeness (QED) is 0.249. The number of carboxylic acid groups (broad SMARTS) is 1. The fourth-order valence-corrected chi connectivity index (χ4v) is 4.36. The number of hydrogen-bond acceptors (Lipinski definition) is 7. The molecule has 10 nitrogen and oxygen atoms in total. The van der Waals surface area contributed by atoms with Gasteiger partial charge in [-0.15, -0.1) is 0 Å². The summed E-state index contributed by atoms with van der Waals surface area (Å²) in [5.41, 5.74) is 10.4. The van der Waals surface area contributed by atoms with Gasteiger partial charge in [0.1, 0.15) is 5.54 Å². The molecule has 12 heteroatoms. The Balaban J connectivity index is 0.00000364. The highest BCUT2D eigenvalue weighted by molar-refractivity contribution is 7.90. The molecule has 0 aromatic heterocycles. The molecule has 8 N–H and O–H groups in total. The molecule has 1 aliphatic heterocycles. The first-order valence-corrected chi connectivity index (χ1v) is 9.51. The third-order valence-corrected chi connectivity index (χ3v) is 5.98. The lowest BCUT2D eigenvalue weighted by Gasteiger charge is -2.25. The second-order valence-electron chi connectivity index (χ2n) is 6.44. The van der Waals surface area contributed by atoms with Crippen molar-refractivity contribution in [3.63, 3.8) is 0 Å². The zero-order valence-corrected chi connectivity index (χ0v) is 14.9. The van der Waals surface area contributed by atoms with Crippen LogP contribution in [0.3, 0.4) is 0 Å². The summed E-state index contributed by atoms with van der Waals surface area (Å²) >= 11 is 0. The summed E-state index contributed by atoms with van der Waals surface area (Å²) in [6.07, 6.45) is 0.610. The number of anilines is 2. The number of carboxylic acids is 1. The van der Waals surface area contributed by atoms with Gasteiger partial charge < -0.3 is 26.6 Å². The van der Waals surface area contributed by atoms with Crippen LogP contribution in [0.1, 0.15) is 20.3 Å². The van der Waals surface area contributed by atoms with Crippen molar-refractivity contribution in [2.24, 2.45) is 11.7 Å². The maximum absolute atomic E-state index is 12.6. The van der Waals surface area contributed by atoms with E-state index in [2.05, 4.69) is 4.72 Å². The van der Waals surface area contributed by atoms with E-state index in [4.69, 9.17) is 21.5 Å². The normalized spacial score (nSPS) is 22.9. The SMILES string of the molecule is C.Nc1ccccc1NS(=O)(=O)N1C[C@H](CCCB(O)O)[C@](N)(C(=O)O)C1. The summed E-state index contributed by atoms with van der Waals surface area (Å²) in [4.78, 5) is 11.6. The van der Waals surface area contributed by atoms with Gasteiger partial charge in [-0.3, -0.25) is 9.52 Å². The van der Waals surface area contributed by atoms with Gasteiger partial charge in [-0.1, -0.05) is 26.0 Å². The number of rotatable bonds is 8. The average molecular weight is 402 g/mol. The first kappa shape index (κ1) is 23.2. The third-order valence-electron chi connectivity index (χ3n) is 4.54. The molecular weight excluding hydrogens is 375 g/mol. The monoisotopic (exact) mass is 402 g/mol. The van der Waals surface area contributed by atoms with Crippen molar-refractivity contribution < 1.29 is 28.4 Å². The topological polar surface area (TPSA) is 179 Å². The molecule has 1 saturated heterocycles. The maximum Gasteiger partial charge on any atom is 0.451 e. The molecule has 1 fully saturated rings. The Labute approximate surface area is 159 Å². The lowest BCUT2D eigenvalue weighted by Crippen LogP contribution is -2.55. The van der Waals surface area contributed by atoms with E-state index in [1.165, 1.54) is 12.1 Å². The molecular formula is C15H27BN4O6S. The second kappa shape index (κ2) is 8.89. The Morgan fingerprint density at radius 1 is 1.37 bits per heavy atom. The van der Waals surface area contributed by atoms with Crippen molar-refractivity contribution in [1.82, 2.24) is 4.31 Å². The molecule has 1 aromatic rings. The number of hydrogen-bond donors (Lipinski definition) is 6. The standard InChI is InChI=1S/C14H23BN4O6S.CH4/c16-11-5-1-2-6-12(11)18-26(24,25)19-8-10(4-3-7-15(22)23)14(17,9-19)13(20)21;/h1-2,5-6,10,18,22-23H,3-4,7-9,16-17H2,(H,20,21);1H4/t10-,14-;/m0./s1. The highest BCUT2D eigenvalue weighted by Gasteiger charge is 2.52. The Kier molecular flexibility index (Phi) is 7.63. The van der Waals surface area contributed by atoms with E-state index in [0.717, 1.165) is 4.31 Å². The van der Waals surface area contributed by atoms with Crippen LogP contribution in [0.2, 0.25) is 6.32 Å². The third kappa shape index (κ3) is 5.33. The van der Waals surface area contributed by atoms with Crippen molar-refractivity contribution in [2.45, 2.75) is 32.1 Å². The highest BCUT2D eigenvalue weighted by atomic mass is 32.2. The molecule has 0 bridgehead atoms. The predicted molar refractivity (Wildman–Crippen MR) is 104 cm³/mol. The predicted octanol–water partition coefficient (Wildman–Crippen LogP) is -0.471. The van der Waals surface area contributed by atoms with Crippen LogP contribution >= 0.6 is 0 Å². The number of nitrogens with two attached hydrogens (primary N) is 2. The summed E-state index contributed by atoms with van der Waals surface area (Å²) in [6, 6.07) is 6.31. The molecule has 0 radical (unpaired) electrons. The minimum atomic E-state index is -4.05. The molecule has 152 valence electrons. The highest BCUT2D eigenvalue weighted by Crippen LogP contribution is 2.33. The van der Waals surface area contributed by atoms with Crippen molar-refractivity contribution in [2.75, 3.05) is 23.5 Å². The summed E-state index contributed by atoms with van der Waals surface area (Å²) in [6.45, 7) is -0.483. The average Bonchev–Trinajstić information content (AvgIpc) is 2.89. The van der Waals surface area contributed by atoms with Gasteiger partial charge in [0, 0.05) is 19.0 Å². The number of para-hydroxylation sites is 2. The van der Waals surface area contributed by atoms with E-state index in [1.807, 2.05) is 0 Å². The van der Waals surface area contributed by atoms with Crippen LogP contribution in [-0.2, 0) is 15.0 Å². The fourth-order valence-electron chi connectivity index (χ4n) is 3.01. The van der Waals surface area contributed by atoms with Crippen LogP contribution in [0.15, 0.2) is 24.3 Å². The van der Waals surface area contributed by atoms with Crippen molar-refractivity contribution in [3.8, 4) is 0 Å². The summed E-state index contributed by atoms with van der Waals surface area (Å²) in [5.74, 6) is -1.97. The van der Waals surface area contributed by atoms with Gasteiger partial charge in [0.25, 0.3) is 0 Å².